The first-order valence-electron chi connectivity index (χ1n) is 5.78. The van der Waals surface area contributed by atoms with Crippen LogP contribution in [0.4, 0.5) is 19.3 Å². The van der Waals surface area contributed by atoms with Crippen molar-refractivity contribution in [2.24, 2.45) is 0 Å². The lowest BCUT2D eigenvalue weighted by Gasteiger charge is -2.31. The average Bonchev–Trinajstić information content (AvgIpc) is 2.41. The van der Waals surface area contributed by atoms with Crippen LogP contribution in [-0.2, 0) is 0 Å². The van der Waals surface area contributed by atoms with Crippen LogP contribution in [0.25, 0.3) is 0 Å². The number of halogens is 2. The molecule has 2 amide bonds. The minimum absolute atomic E-state index is 0.0430. The molecular weight excluding hydrogens is 240 g/mol. The van der Waals surface area contributed by atoms with Gasteiger partial charge < -0.3 is 10.2 Å². The number of hydrogen-bond donors (Lipinski definition) is 1. The SMILES string of the molecule is CN(C(=O)N1CCNCC1)c1cc(F)ccc1F. The second-order valence-corrected chi connectivity index (χ2v) is 4.17. The molecule has 0 unspecified atom stereocenters. The Kier molecular flexibility index (Phi) is 3.76. The number of nitrogens with one attached hydrogen (secondary N) is 1. The van der Waals surface area contributed by atoms with E-state index in [1.54, 1.807) is 4.90 Å². The van der Waals surface area contributed by atoms with Crippen molar-refractivity contribution < 1.29 is 13.6 Å². The van der Waals surface area contributed by atoms with Crippen molar-refractivity contribution in [3.63, 3.8) is 0 Å². The summed E-state index contributed by atoms with van der Waals surface area (Å²) in [6.07, 6.45) is 0. The zero-order chi connectivity index (χ0) is 13.1. The van der Waals surface area contributed by atoms with Gasteiger partial charge in [-0.3, -0.25) is 4.90 Å². The number of nitrogens with zero attached hydrogens (tertiary/aromatic N) is 2. The maximum atomic E-state index is 13.6. The zero-order valence-corrected chi connectivity index (χ0v) is 10.1. The number of carbonyl (C=O) groups excluding carboxylic acids is 1. The topological polar surface area (TPSA) is 35.6 Å². The van der Waals surface area contributed by atoms with Gasteiger partial charge in [0.05, 0.1) is 5.69 Å². The molecule has 0 radical (unpaired) electrons. The van der Waals surface area contributed by atoms with E-state index < -0.39 is 11.6 Å². The average molecular weight is 255 g/mol. The molecule has 18 heavy (non-hydrogen) atoms. The summed E-state index contributed by atoms with van der Waals surface area (Å²) in [5, 5.41) is 3.12. The second kappa shape index (κ2) is 5.30. The van der Waals surface area contributed by atoms with Crippen molar-refractivity contribution in [3.8, 4) is 0 Å². The maximum Gasteiger partial charge on any atom is 0.324 e. The molecule has 1 saturated heterocycles. The van der Waals surface area contributed by atoms with Crippen LogP contribution in [-0.4, -0.2) is 44.2 Å². The third-order valence-corrected chi connectivity index (χ3v) is 2.94. The molecule has 0 spiro atoms. The van der Waals surface area contributed by atoms with Crippen molar-refractivity contribution >= 4 is 11.7 Å². The molecule has 1 aliphatic rings. The summed E-state index contributed by atoms with van der Waals surface area (Å²) in [6.45, 7) is 2.57. The molecule has 2 rings (SSSR count). The second-order valence-electron chi connectivity index (χ2n) is 4.17. The van der Waals surface area contributed by atoms with Crippen molar-refractivity contribution in [2.45, 2.75) is 0 Å². The fourth-order valence-corrected chi connectivity index (χ4v) is 1.91. The van der Waals surface area contributed by atoms with E-state index in [1.165, 1.54) is 7.05 Å². The van der Waals surface area contributed by atoms with Gasteiger partial charge in [-0.05, 0) is 12.1 Å². The molecule has 6 heteroatoms. The molecule has 0 bridgehead atoms. The first-order chi connectivity index (χ1) is 8.59. The van der Waals surface area contributed by atoms with E-state index in [2.05, 4.69) is 5.32 Å². The molecular formula is C12H15F2N3O. The molecule has 1 N–H and O–H groups in total. The van der Waals surface area contributed by atoms with Gasteiger partial charge in [0.25, 0.3) is 0 Å². The molecule has 1 aromatic rings. The van der Waals surface area contributed by atoms with E-state index in [0.717, 1.165) is 23.1 Å². The van der Waals surface area contributed by atoms with E-state index in [4.69, 9.17) is 0 Å². The number of urea groups is 1. The molecule has 0 atom stereocenters. The van der Waals surface area contributed by atoms with Crippen molar-refractivity contribution in [1.82, 2.24) is 10.2 Å². The van der Waals surface area contributed by atoms with Gasteiger partial charge in [0.1, 0.15) is 11.6 Å². The van der Waals surface area contributed by atoms with E-state index in [1.807, 2.05) is 0 Å². The van der Waals surface area contributed by atoms with Crippen LogP contribution in [0.1, 0.15) is 0 Å². The maximum absolute atomic E-state index is 13.6. The normalized spacial score (nSPS) is 15.6. The lowest BCUT2D eigenvalue weighted by atomic mass is 10.2. The Morgan fingerprint density at radius 1 is 1.33 bits per heavy atom. The molecule has 0 saturated carbocycles. The Bertz CT molecular complexity index is 447. The van der Waals surface area contributed by atoms with Crippen LogP contribution in [0.3, 0.4) is 0 Å². The van der Waals surface area contributed by atoms with Gasteiger partial charge in [0, 0.05) is 39.3 Å². The third kappa shape index (κ3) is 2.59. The monoisotopic (exact) mass is 255 g/mol. The number of rotatable bonds is 1. The lowest BCUT2D eigenvalue weighted by Crippen LogP contribution is -2.50. The van der Waals surface area contributed by atoms with Gasteiger partial charge in [0.15, 0.2) is 0 Å². The third-order valence-electron chi connectivity index (χ3n) is 2.94. The highest BCUT2D eigenvalue weighted by molar-refractivity contribution is 5.91. The number of hydrogen-bond acceptors (Lipinski definition) is 2. The van der Waals surface area contributed by atoms with Gasteiger partial charge >= 0.3 is 6.03 Å². The number of benzene rings is 1. The largest absolute Gasteiger partial charge is 0.324 e. The Morgan fingerprint density at radius 3 is 2.67 bits per heavy atom. The van der Waals surface area contributed by atoms with E-state index >= 15 is 0 Å². The Hall–Kier alpha value is -1.69. The van der Waals surface area contributed by atoms with Crippen molar-refractivity contribution in [1.29, 1.82) is 0 Å². The molecule has 1 aliphatic heterocycles. The van der Waals surface area contributed by atoms with Gasteiger partial charge in [-0.2, -0.15) is 0 Å². The molecule has 0 aromatic heterocycles. The number of anilines is 1. The van der Waals surface area contributed by atoms with Crippen LogP contribution < -0.4 is 10.2 Å². The van der Waals surface area contributed by atoms with E-state index in [-0.39, 0.29) is 11.7 Å². The minimum Gasteiger partial charge on any atom is -0.322 e. The highest BCUT2D eigenvalue weighted by atomic mass is 19.1. The Morgan fingerprint density at radius 2 is 2.00 bits per heavy atom. The quantitative estimate of drug-likeness (QED) is 0.824. The summed E-state index contributed by atoms with van der Waals surface area (Å²) in [5.41, 5.74) is -0.0430. The molecule has 1 heterocycles. The van der Waals surface area contributed by atoms with Crippen LogP contribution in [0.15, 0.2) is 18.2 Å². The lowest BCUT2D eigenvalue weighted by molar-refractivity contribution is 0.198. The summed E-state index contributed by atoms with van der Waals surface area (Å²) in [6, 6.07) is 2.75. The van der Waals surface area contributed by atoms with E-state index in [0.29, 0.717) is 26.2 Å². The highest BCUT2D eigenvalue weighted by Crippen LogP contribution is 2.20. The van der Waals surface area contributed by atoms with Crippen LogP contribution in [0, 0.1) is 11.6 Å². The molecule has 0 aliphatic carbocycles. The summed E-state index contributed by atoms with van der Waals surface area (Å²) in [4.78, 5) is 14.9. The minimum atomic E-state index is -0.609. The number of piperazine rings is 1. The van der Waals surface area contributed by atoms with Gasteiger partial charge in [-0.25, -0.2) is 13.6 Å². The van der Waals surface area contributed by atoms with Crippen LogP contribution in [0.5, 0.6) is 0 Å². The Labute approximate surface area is 104 Å². The number of amides is 2. The highest BCUT2D eigenvalue weighted by Gasteiger charge is 2.22. The Balaban J connectivity index is 2.16. The standard InChI is InChI=1S/C12H15F2N3O/c1-16(11-8-9(13)2-3-10(11)14)12(18)17-6-4-15-5-7-17/h2-3,8,15H,4-7H2,1H3. The van der Waals surface area contributed by atoms with Gasteiger partial charge in [-0.1, -0.05) is 0 Å². The molecule has 1 fully saturated rings. The summed E-state index contributed by atoms with van der Waals surface area (Å²) in [5.74, 6) is -1.17. The predicted octanol–water partition coefficient (Wildman–Crippen LogP) is 1.43. The summed E-state index contributed by atoms with van der Waals surface area (Å²) in [7, 11) is 1.45. The molecule has 1 aromatic carbocycles. The van der Waals surface area contributed by atoms with E-state index in [9.17, 15) is 13.6 Å². The van der Waals surface area contributed by atoms with Crippen LogP contribution in [0.2, 0.25) is 0 Å². The van der Waals surface area contributed by atoms with Crippen LogP contribution >= 0.6 is 0 Å². The van der Waals surface area contributed by atoms with Crippen molar-refractivity contribution in [3.05, 3.63) is 29.8 Å². The summed E-state index contributed by atoms with van der Waals surface area (Å²) >= 11 is 0. The first kappa shape index (κ1) is 12.8. The number of carbonyl (C=O) groups is 1. The predicted molar refractivity (Wildman–Crippen MR) is 64.6 cm³/mol. The zero-order valence-electron chi connectivity index (χ0n) is 10.1. The fourth-order valence-electron chi connectivity index (χ4n) is 1.91. The molecule has 98 valence electrons. The van der Waals surface area contributed by atoms with Crippen molar-refractivity contribution in [2.75, 3.05) is 38.1 Å². The summed E-state index contributed by atoms with van der Waals surface area (Å²) < 4.78 is 26.6. The van der Waals surface area contributed by atoms with Gasteiger partial charge in [-0.15, -0.1) is 0 Å². The van der Waals surface area contributed by atoms with Gasteiger partial charge in [0.2, 0.25) is 0 Å². The fraction of sp³-hybridized carbons (Fsp3) is 0.417. The molecule has 4 nitrogen and oxygen atoms in total. The smallest absolute Gasteiger partial charge is 0.322 e. The first-order valence-corrected chi connectivity index (χ1v) is 5.78.